The lowest BCUT2D eigenvalue weighted by Crippen LogP contribution is -2.10. The second kappa shape index (κ2) is 4.69. The molecule has 0 bridgehead atoms. The molecule has 0 unspecified atom stereocenters. The van der Waals surface area contributed by atoms with E-state index in [0.717, 1.165) is 5.56 Å². The third kappa shape index (κ3) is 2.80. The molecule has 1 heterocycles. The van der Waals surface area contributed by atoms with Gasteiger partial charge in [0.1, 0.15) is 5.82 Å². The first-order valence-electron chi connectivity index (χ1n) is 4.40. The van der Waals surface area contributed by atoms with E-state index in [0.29, 0.717) is 6.61 Å². The van der Waals surface area contributed by atoms with Crippen molar-refractivity contribution in [3.63, 3.8) is 0 Å². The molecule has 0 saturated heterocycles. The number of pyridine rings is 1. The highest BCUT2D eigenvalue weighted by Gasteiger charge is 2.09. The average molecular weight is 197 g/mol. The van der Waals surface area contributed by atoms with Gasteiger partial charge in [0.05, 0.1) is 18.7 Å². The first-order chi connectivity index (χ1) is 6.63. The molecular weight excluding hydrogens is 185 g/mol. The number of hydrogen-bond donors (Lipinski definition) is 0. The first kappa shape index (κ1) is 10.6. The molecule has 0 atom stereocenters. The Kier molecular flexibility index (Phi) is 3.56. The van der Waals surface area contributed by atoms with E-state index in [1.807, 2.05) is 0 Å². The van der Waals surface area contributed by atoms with Gasteiger partial charge in [-0.25, -0.2) is 4.39 Å². The second-order valence-corrected chi connectivity index (χ2v) is 2.92. The second-order valence-electron chi connectivity index (χ2n) is 2.92. The SMILES string of the molecule is CCOC(=O)Cc1ncc(C)cc1F. The summed E-state index contributed by atoms with van der Waals surface area (Å²) in [4.78, 5) is 14.8. The zero-order valence-corrected chi connectivity index (χ0v) is 8.21. The smallest absolute Gasteiger partial charge is 0.311 e. The topological polar surface area (TPSA) is 39.2 Å². The number of hydrogen-bond acceptors (Lipinski definition) is 3. The molecule has 14 heavy (non-hydrogen) atoms. The molecule has 0 fully saturated rings. The van der Waals surface area contributed by atoms with Gasteiger partial charge in [0.15, 0.2) is 0 Å². The Morgan fingerprint density at radius 1 is 1.64 bits per heavy atom. The van der Waals surface area contributed by atoms with E-state index in [2.05, 4.69) is 9.72 Å². The summed E-state index contributed by atoms with van der Waals surface area (Å²) in [7, 11) is 0. The molecule has 1 aromatic heterocycles. The molecule has 0 N–H and O–H groups in total. The van der Waals surface area contributed by atoms with Crippen LogP contribution in [0.15, 0.2) is 12.3 Å². The lowest BCUT2D eigenvalue weighted by atomic mass is 10.2. The van der Waals surface area contributed by atoms with Gasteiger partial charge >= 0.3 is 5.97 Å². The van der Waals surface area contributed by atoms with Gasteiger partial charge in [-0.1, -0.05) is 0 Å². The predicted octanol–water partition coefficient (Wildman–Crippen LogP) is 1.63. The predicted molar refractivity (Wildman–Crippen MR) is 49.3 cm³/mol. The van der Waals surface area contributed by atoms with E-state index < -0.39 is 11.8 Å². The highest BCUT2D eigenvalue weighted by molar-refractivity contribution is 5.71. The summed E-state index contributed by atoms with van der Waals surface area (Å²) < 4.78 is 17.9. The van der Waals surface area contributed by atoms with Gasteiger partial charge in [-0.3, -0.25) is 9.78 Å². The van der Waals surface area contributed by atoms with Crippen molar-refractivity contribution >= 4 is 5.97 Å². The van der Waals surface area contributed by atoms with Crippen molar-refractivity contribution in [1.29, 1.82) is 0 Å². The molecule has 4 heteroatoms. The van der Waals surface area contributed by atoms with Crippen LogP contribution < -0.4 is 0 Å². The van der Waals surface area contributed by atoms with Gasteiger partial charge in [-0.2, -0.15) is 0 Å². The zero-order valence-electron chi connectivity index (χ0n) is 8.21. The number of carbonyl (C=O) groups is 1. The Hall–Kier alpha value is -1.45. The lowest BCUT2D eigenvalue weighted by molar-refractivity contribution is -0.142. The summed E-state index contributed by atoms with van der Waals surface area (Å²) in [5.41, 5.74) is 0.865. The van der Waals surface area contributed by atoms with Crippen molar-refractivity contribution in [2.45, 2.75) is 20.3 Å². The fraction of sp³-hybridized carbons (Fsp3) is 0.400. The molecule has 1 aromatic rings. The maximum absolute atomic E-state index is 13.2. The van der Waals surface area contributed by atoms with E-state index in [4.69, 9.17) is 0 Å². The maximum Gasteiger partial charge on any atom is 0.311 e. The number of halogens is 1. The molecule has 0 spiro atoms. The third-order valence-electron chi connectivity index (χ3n) is 1.67. The summed E-state index contributed by atoms with van der Waals surface area (Å²) in [5, 5.41) is 0. The van der Waals surface area contributed by atoms with Crippen molar-refractivity contribution in [1.82, 2.24) is 4.98 Å². The maximum atomic E-state index is 13.2. The lowest BCUT2D eigenvalue weighted by Gasteiger charge is -2.02. The summed E-state index contributed by atoms with van der Waals surface area (Å²) in [6.07, 6.45) is 1.41. The standard InChI is InChI=1S/C10H12FNO2/c1-3-14-10(13)5-9-8(11)4-7(2)6-12-9/h4,6H,3,5H2,1-2H3. The highest BCUT2D eigenvalue weighted by Crippen LogP contribution is 2.07. The first-order valence-corrected chi connectivity index (χ1v) is 4.40. The average Bonchev–Trinajstić information content (AvgIpc) is 2.10. The van der Waals surface area contributed by atoms with Gasteiger partial charge in [0.25, 0.3) is 0 Å². The molecule has 0 aromatic carbocycles. The minimum atomic E-state index is -0.460. The number of aryl methyl sites for hydroxylation is 1. The number of carbonyl (C=O) groups excluding carboxylic acids is 1. The van der Waals surface area contributed by atoms with Gasteiger partial charge in [0.2, 0.25) is 0 Å². The van der Waals surface area contributed by atoms with Crippen LogP contribution >= 0.6 is 0 Å². The Bertz CT molecular complexity index is 339. The molecule has 0 aliphatic rings. The molecular formula is C10H12FNO2. The van der Waals surface area contributed by atoms with Crippen molar-refractivity contribution in [3.8, 4) is 0 Å². The van der Waals surface area contributed by atoms with Crippen LogP contribution in [0.4, 0.5) is 4.39 Å². The van der Waals surface area contributed by atoms with Crippen LogP contribution in [-0.2, 0) is 16.0 Å². The number of nitrogens with zero attached hydrogens (tertiary/aromatic N) is 1. The molecule has 0 aliphatic carbocycles. The third-order valence-corrected chi connectivity index (χ3v) is 1.67. The molecule has 3 nitrogen and oxygen atoms in total. The fourth-order valence-electron chi connectivity index (χ4n) is 1.04. The summed E-state index contributed by atoms with van der Waals surface area (Å²) in [5.74, 6) is -0.916. The van der Waals surface area contributed by atoms with Crippen LogP contribution in [0.25, 0.3) is 0 Å². The Morgan fingerprint density at radius 2 is 2.36 bits per heavy atom. The van der Waals surface area contributed by atoms with Crippen LogP contribution in [0, 0.1) is 12.7 Å². The van der Waals surface area contributed by atoms with Crippen LogP contribution in [-0.4, -0.2) is 17.6 Å². The van der Waals surface area contributed by atoms with E-state index in [1.54, 1.807) is 13.8 Å². The molecule has 76 valence electrons. The van der Waals surface area contributed by atoms with E-state index in [1.165, 1.54) is 12.3 Å². The Morgan fingerprint density at radius 3 is 2.93 bits per heavy atom. The number of esters is 1. The van der Waals surface area contributed by atoms with Crippen molar-refractivity contribution < 1.29 is 13.9 Å². The molecule has 1 rings (SSSR count). The number of ether oxygens (including phenoxy) is 1. The summed E-state index contributed by atoms with van der Waals surface area (Å²) in [6, 6.07) is 1.35. The monoisotopic (exact) mass is 197 g/mol. The van der Waals surface area contributed by atoms with E-state index in [-0.39, 0.29) is 12.1 Å². The Balaban J connectivity index is 2.72. The van der Waals surface area contributed by atoms with Crippen molar-refractivity contribution in [2.75, 3.05) is 6.61 Å². The van der Waals surface area contributed by atoms with Gasteiger partial charge in [-0.05, 0) is 25.5 Å². The molecule has 0 saturated carbocycles. The van der Waals surface area contributed by atoms with Crippen LogP contribution in [0.3, 0.4) is 0 Å². The van der Waals surface area contributed by atoms with E-state index >= 15 is 0 Å². The van der Waals surface area contributed by atoms with Crippen molar-refractivity contribution in [3.05, 3.63) is 29.3 Å². The molecule has 0 aliphatic heterocycles. The highest BCUT2D eigenvalue weighted by atomic mass is 19.1. The van der Waals surface area contributed by atoms with E-state index in [9.17, 15) is 9.18 Å². The van der Waals surface area contributed by atoms with Gasteiger partial charge < -0.3 is 4.74 Å². The van der Waals surface area contributed by atoms with Gasteiger partial charge in [0, 0.05) is 6.20 Å². The van der Waals surface area contributed by atoms with Crippen LogP contribution in [0.5, 0.6) is 0 Å². The van der Waals surface area contributed by atoms with Crippen molar-refractivity contribution in [2.24, 2.45) is 0 Å². The Labute approximate surface area is 81.9 Å². The summed E-state index contributed by atoms with van der Waals surface area (Å²) in [6.45, 7) is 3.74. The molecule has 0 amide bonds. The zero-order chi connectivity index (χ0) is 10.6. The minimum Gasteiger partial charge on any atom is -0.466 e. The minimum absolute atomic E-state index is 0.111. The normalized spacial score (nSPS) is 9.93. The largest absolute Gasteiger partial charge is 0.466 e. The number of aromatic nitrogens is 1. The fourth-order valence-corrected chi connectivity index (χ4v) is 1.04. The molecule has 0 radical (unpaired) electrons. The van der Waals surface area contributed by atoms with Crippen LogP contribution in [0.2, 0.25) is 0 Å². The summed E-state index contributed by atoms with van der Waals surface area (Å²) >= 11 is 0. The van der Waals surface area contributed by atoms with Crippen LogP contribution in [0.1, 0.15) is 18.2 Å². The quantitative estimate of drug-likeness (QED) is 0.691. The van der Waals surface area contributed by atoms with Gasteiger partial charge in [-0.15, -0.1) is 0 Å². The number of rotatable bonds is 3.